The van der Waals surface area contributed by atoms with E-state index in [1.807, 2.05) is 41.8 Å². The van der Waals surface area contributed by atoms with Gasteiger partial charge in [0.15, 0.2) is 0 Å². The summed E-state index contributed by atoms with van der Waals surface area (Å²) in [5, 5.41) is 4.76. The van der Waals surface area contributed by atoms with Crippen LogP contribution in [-0.4, -0.2) is 59.9 Å². The number of nitrogens with two attached hydrogens (primary N) is 1. The molecule has 2 heterocycles. The number of rotatable bonds is 10. The van der Waals surface area contributed by atoms with Crippen molar-refractivity contribution < 1.29 is 14.0 Å². The first-order valence-corrected chi connectivity index (χ1v) is 13.3. The molecule has 1 aromatic heterocycles. The van der Waals surface area contributed by atoms with E-state index in [2.05, 4.69) is 22.3 Å². The summed E-state index contributed by atoms with van der Waals surface area (Å²) in [5.41, 5.74) is 7.88. The number of carbonyl (C=O) groups is 2. The van der Waals surface area contributed by atoms with Crippen LogP contribution in [0.4, 0.5) is 4.39 Å². The van der Waals surface area contributed by atoms with E-state index in [1.54, 1.807) is 11.0 Å². The van der Waals surface area contributed by atoms with E-state index in [9.17, 15) is 14.0 Å². The van der Waals surface area contributed by atoms with E-state index in [4.69, 9.17) is 5.73 Å². The van der Waals surface area contributed by atoms with Crippen molar-refractivity contribution in [2.24, 2.45) is 5.73 Å². The van der Waals surface area contributed by atoms with Gasteiger partial charge in [0.2, 0.25) is 5.91 Å². The Labute approximate surface area is 215 Å². The van der Waals surface area contributed by atoms with Crippen molar-refractivity contribution in [3.63, 3.8) is 0 Å². The molecule has 0 aliphatic carbocycles. The van der Waals surface area contributed by atoms with Crippen LogP contribution in [0.2, 0.25) is 0 Å². The third-order valence-electron chi connectivity index (χ3n) is 6.66. The smallest absolute Gasteiger partial charge is 0.264 e. The lowest BCUT2D eigenvalue weighted by atomic mass is 9.93. The van der Waals surface area contributed by atoms with Crippen LogP contribution in [0.3, 0.4) is 0 Å². The van der Waals surface area contributed by atoms with Gasteiger partial charge in [-0.15, -0.1) is 11.3 Å². The average molecular weight is 509 g/mol. The number of carbonyl (C=O) groups excluding carboxylic acids is 2. The van der Waals surface area contributed by atoms with Gasteiger partial charge in [-0.05, 0) is 54.0 Å². The number of hydrogen-bond acceptors (Lipinski definition) is 5. The van der Waals surface area contributed by atoms with Crippen molar-refractivity contribution in [1.82, 2.24) is 15.1 Å². The van der Waals surface area contributed by atoms with E-state index in [1.165, 1.54) is 29.0 Å². The second kappa shape index (κ2) is 12.8. The molecule has 1 fully saturated rings. The molecule has 3 aromatic rings. The number of halogens is 1. The minimum absolute atomic E-state index is 0.0970. The van der Waals surface area contributed by atoms with Gasteiger partial charge in [-0.1, -0.05) is 48.5 Å². The molecule has 4 rings (SSSR count). The maximum atomic E-state index is 13.5. The molecule has 0 saturated carbocycles. The molecule has 0 radical (unpaired) electrons. The first kappa shape index (κ1) is 26.0. The number of nitrogens with one attached hydrogen (secondary N) is 1. The van der Waals surface area contributed by atoms with Crippen LogP contribution < -0.4 is 11.1 Å². The van der Waals surface area contributed by atoms with Gasteiger partial charge in [-0.25, -0.2) is 4.39 Å². The quantitative estimate of drug-likeness (QED) is 0.438. The molecule has 6 nitrogen and oxygen atoms in total. The van der Waals surface area contributed by atoms with Crippen LogP contribution in [0.1, 0.15) is 33.6 Å². The maximum Gasteiger partial charge on any atom is 0.264 e. The maximum absolute atomic E-state index is 13.5. The Morgan fingerprint density at radius 2 is 1.83 bits per heavy atom. The zero-order valence-electron chi connectivity index (χ0n) is 20.3. The Morgan fingerprint density at radius 1 is 1.06 bits per heavy atom. The summed E-state index contributed by atoms with van der Waals surface area (Å²) in [6, 6.07) is 20.1. The molecular formula is C28H33FN4O2S. The van der Waals surface area contributed by atoms with Crippen LogP contribution in [0.25, 0.3) is 0 Å². The van der Waals surface area contributed by atoms with Crippen LogP contribution in [0.5, 0.6) is 0 Å². The summed E-state index contributed by atoms with van der Waals surface area (Å²) in [6.45, 7) is 2.64. The van der Waals surface area contributed by atoms with Gasteiger partial charge >= 0.3 is 0 Å². The van der Waals surface area contributed by atoms with Crippen LogP contribution in [0, 0.1) is 5.82 Å². The van der Waals surface area contributed by atoms with Gasteiger partial charge in [0.25, 0.3) is 5.91 Å². The Bertz CT molecular complexity index is 1110. The van der Waals surface area contributed by atoms with E-state index < -0.39 is 6.04 Å². The second-order valence-corrected chi connectivity index (χ2v) is 10.0. The summed E-state index contributed by atoms with van der Waals surface area (Å²) in [6.07, 6.45) is 2.15. The first-order valence-electron chi connectivity index (χ1n) is 12.4. The molecule has 2 atom stereocenters. The molecule has 1 unspecified atom stereocenters. The van der Waals surface area contributed by atoms with Crippen LogP contribution in [0.15, 0.2) is 72.1 Å². The summed E-state index contributed by atoms with van der Waals surface area (Å²) < 4.78 is 13.5. The number of hydrogen-bond donors (Lipinski definition) is 2. The molecular weight excluding hydrogens is 475 g/mol. The van der Waals surface area contributed by atoms with E-state index in [0.29, 0.717) is 37.5 Å². The summed E-state index contributed by atoms with van der Waals surface area (Å²) in [4.78, 5) is 31.1. The zero-order valence-corrected chi connectivity index (χ0v) is 21.1. The molecule has 0 spiro atoms. The van der Waals surface area contributed by atoms with Crippen molar-refractivity contribution >= 4 is 23.2 Å². The number of likely N-dealkylation sites (tertiary alicyclic amines) is 1. The summed E-state index contributed by atoms with van der Waals surface area (Å²) in [5.74, 6) is -0.530. The predicted octanol–water partition coefficient (Wildman–Crippen LogP) is 3.68. The average Bonchev–Trinajstić information content (AvgIpc) is 3.46. The fourth-order valence-electron chi connectivity index (χ4n) is 4.76. The zero-order chi connectivity index (χ0) is 25.3. The Balaban J connectivity index is 1.54. The molecule has 36 heavy (non-hydrogen) atoms. The van der Waals surface area contributed by atoms with E-state index in [-0.39, 0.29) is 23.7 Å². The van der Waals surface area contributed by atoms with Gasteiger partial charge in [-0.3, -0.25) is 14.5 Å². The van der Waals surface area contributed by atoms with Gasteiger partial charge in [0.1, 0.15) is 11.9 Å². The molecule has 0 bridgehead atoms. The predicted molar refractivity (Wildman–Crippen MR) is 141 cm³/mol. The number of piperidine rings is 1. The minimum atomic E-state index is -0.572. The molecule has 8 heteroatoms. The molecule has 2 aromatic carbocycles. The highest BCUT2D eigenvalue weighted by molar-refractivity contribution is 7.12. The number of amides is 2. The lowest BCUT2D eigenvalue weighted by Crippen LogP contribution is -2.57. The van der Waals surface area contributed by atoms with Crippen molar-refractivity contribution in [1.29, 1.82) is 0 Å². The van der Waals surface area contributed by atoms with Crippen molar-refractivity contribution in [2.75, 3.05) is 26.2 Å². The Kier molecular flexibility index (Phi) is 9.22. The van der Waals surface area contributed by atoms with Gasteiger partial charge in [-0.2, -0.15) is 0 Å². The van der Waals surface area contributed by atoms with Gasteiger partial charge in [0.05, 0.1) is 4.88 Å². The van der Waals surface area contributed by atoms with E-state index in [0.717, 1.165) is 24.9 Å². The number of nitrogens with zero attached hydrogens (tertiary/aromatic N) is 2. The monoisotopic (exact) mass is 508 g/mol. The summed E-state index contributed by atoms with van der Waals surface area (Å²) >= 11 is 1.39. The normalized spacial score (nSPS) is 17.8. The highest BCUT2D eigenvalue weighted by Crippen LogP contribution is 2.27. The van der Waals surface area contributed by atoms with Crippen molar-refractivity contribution in [3.8, 4) is 0 Å². The standard InChI is InChI=1S/C28H33FN4O2S/c29-23-10-8-22(9-11-23)20-32(16-12-21-5-2-1-3-6-21)24-13-17-33(28(35)26-7-4-18-36-26)25(19-24)27(34)31-15-14-30/h1-11,18,24-25H,12-17,19-20,30H2,(H,31,34)/t24?,25-/m1/s1. The van der Waals surface area contributed by atoms with Gasteiger partial charge < -0.3 is 16.0 Å². The Hall–Kier alpha value is -3.07. The topological polar surface area (TPSA) is 78.7 Å². The highest BCUT2D eigenvalue weighted by atomic mass is 32.1. The third-order valence-corrected chi connectivity index (χ3v) is 7.52. The fourth-order valence-corrected chi connectivity index (χ4v) is 5.44. The lowest BCUT2D eigenvalue weighted by molar-refractivity contribution is -0.127. The lowest BCUT2D eigenvalue weighted by Gasteiger charge is -2.43. The van der Waals surface area contributed by atoms with Crippen molar-refractivity contribution in [2.45, 2.75) is 37.9 Å². The summed E-state index contributed by atoms with van der Waals surface area (Å²) in [7, 11) is 0. The molecule has 1 aliphatic heterocycles. The Morgan fingerprint density at radius 3 is 2.53 bits per heavy atom. The molecule has 1 saturated heterocycles. The highest BCUT2D eigenvalue weighted by Gasteiger charge is 2.38. The molecule has 190 valence electrons. The van der Waals surface area contributed by atoms with Crippen LogP contribution >= 0.6 is 11.3 Å². The second-order valence-electron chi connectivity index (χ2n) is 9.08. The number of benzene rings is 2. The largest absolute Gasteiger partial charge is 0.353 e. The molecule has 1 aliphatic rings. The third kappa shape index (κ3) is 6.78. The SMILES string of the molecule is NCCNC(=O)[C@H]1CC(N(CCc2ccccc2)Cc2ccc(F)cc2)CCN1C(=O)c1cccs1. The van der Waals surface area contributed by atoms with E-state index >= 15 is 0 Å². The van der Waals surface area contributed by atoms with Gasteiger partial charge in [0, 0.05) is 38.8 Å². The number of thiophene rings is 1. The first-order chi connectivity index (χ1) is 17.5. The molecule has 3 N–H and O–H groups in total. The molecule has 2 amide bonds. The minimum Gasteiger partial charge on any atom is -0.353 e. The fraction of sp³-hybridized carbons (Fsp3) is 0.357. The van der Waals surface area contributed by atoms with Crippen LogP contribution in [-0.2, 0) is 17.8 Å². The van der Waals surface area contributed by atoms with Crippen molar-refractivity contribution in [3.05, 3.63) is 93.9 Å².